The van der Waals surface area contributed by atoms with E-state index in [1.165, 1.54) is 23.7 Å². The molecule has 176 valence electrons. The highest BCUT2D eigenvalue weighted by atomic mass is 32.2. The van der Waals surface area contributed by atoms with Crippen molar-refractivity contribution in [2.24, 2.45) is 0 Å². The largest absolute Gasteiger partial charge is 0.490 e. The van der Waals surface area contributed by atoms with Crippen molar-refractivity contribution >= 4 is 23.5 Å². The van der Waals surface area contributed by atoms with Crippen LogP contribution in [-0.2, 0) is 17.6 Å². The Morgan fingerprint density at radius 2 is 2.00 bits per heavy atom. The predicted octanol–water partition coefficient (Wildman–Crippen LogP) is 4.32. The smallest absolute Gasteiger partial charge is 0.231 e. The van der Waals surface area contributed by atoms with Gasteiger partial charge in [0.1, 0.15) is 17.1 Å². The Labute approximate surface area is 202 Å². The molecule has 4 rings (SSSR count). The zero-order chi connectivity index (χ0) is 23.9. The fourth-order valence-corrected chi connectivity index (χ4v) is 4.09. The minimum atomic E-state index is -0.202. The van der Waals surface area contributed by atoms with Crippen molar-refractivity contribution in [2.45, 2.75) is 55.9 Å². The molecule has 0 aliphatic rings. The second-order valence-corrected chi connectivity index (χ2v) is 9.15. The Balaban J connectivity index is 1.48. The number of anilines is 1. The van der Waals surface area contributed by atoms with Crippen molar-refractivity contribution in [2.75, 3.05) is 5.32 Å². The van der Waals surface area contributed by atoms with E-state index in [4.69, 9.17) is 4.74 Å². The van der Waals surface area contributed by atoms with Crippen LogP contribution >= 0.6 is 11.8 Å². The van der Waals surface area contributed by atoms with Crippen LogP contribution in [0.5, 0.6) is 5.75 Å². The highest BCUT2D eigenvalue weighted by Crippen LogP contribution is 2.27. The molecule has 3 heterocycles. The molecule has 10 heteroatoms. The summed E-state index contributed by atoms with van der Waals surface area (Å²) in [6.45, 7) is 6.08. The Bertz CT molecular complexity index is 1210. The van der Waals surface area contributed by atoms with Crippen LogP contribution in [0, 0.1) is 0 Å². The Hall–Kier alpha value is -3.66. The first-order chi connectivity index (χ1) is 16.4. The molecule has 2 N–H and O–H groups in total. The fraction of sp³-hybridized carbons (Fsp3) is 0.292. The number of benzene rings is 1. The van der Waals surface area contributed by atoms with Crippen molar-refractivity contribution in [3.8, 4) is 5.75 Å². The average Bonchev–Trinajstić information content (AvgIpc) is 3.46. The fourth-order valence-electron chi connectivity index (χ4n) is 3.35. The number of nitrogens with zero attached hydrogens (tertiary/aromatic N) is 5. The van der Waals surface area contributed by atoms with Gasteiger partial charge in [0.05, 0.1) is 18.2 Å². The van der Waals surface area contributed by atoms with Gasteiger partial charge in [-0.05, 0) is 38.1 Å². The van der Waals surface area contributed by atoms with Gasteiger partial charge in [-0.25, -0.2) is 9.97 Å². The zero-order valence-corrected chi connectivity index (χ0v) is 20.1. The maximum absolute atomic E-state index is 12.7. The van der Waals surface area contributed by atoms with E-state index in [1.807, 2.05) is 51.2 Å². The topological polar surface area (TPSA) is 111 Å². The second kappa shape index (κ2) is 11.0. The summed E-state index contributed by atoms with van der Waals surface area (Å²) in [5.41, 5.74) is 1.79. The summed E-state index contributed by atoms with van der Waals surface area (Å²) in [6, 6.07) is 15.8. The van der Waals surface area contributed by atoms with Gasteiger partial charge >= 0.3 is 0 Å². The van der Waals surface area contributed by atoms with Gasteiger partial charge in [0.15, 0.2) is 11.0 Å². The van der Waals surface area contributed by atoms with E-state index in [2.05, 4.69) is 42.7 Å². The van der Waals surface area contributed by atoms with E-state index in [9.17, 15) is 4.79 Å². The van der Waals surface area contributed by atoms with Crippen LogP contribution in [0.15, 0.2) is 71.2 Å². The van der Waals surface area contributed by atoms with E-state index in [1.54, 1.807) is 16.8 Å². The molecule has 0 bridgehead atoms. The summed E-state index contributed by atoms with van der Waals surface area (Å²) in [7, 11) is 0. The first-order valence-corrected chi connectivity index (χ1v) is 11.9. The van der Waals surface area contributed by atoms with Gasteiger partial charge in [0.2, 0.25) is 5.91 Å². The predicted molar refractivity (Wildman–Crippen MR) is 130 cm³/mol. The number of carbonyl (C=O) groups excluding carboxylic acids is 1. The van der Waals surface area contributed by atoms with Crippen LogP contribution in [0.1, 0.15) is 38.1 Å². The number of pyridine rings is 1. The van der Waals surface area contributed by atoms with Crippen molar-refractivity contribution in [1.82, 2.24) is 29.9 Å². The molecule has 0 fully saturated rings. The molecule has 4 aromatic rings. The van der Waals surface area contributed by atoms with Crippen molar-refractivity contribution in [3.05, 3.63) is 72.3 Å². The second-order valence-electron chi connectivity index (χ2n) is 8.14. The number of amides is 1. The van der Waals surface area contributed by atoms with Crippen LogP contribution in [0.25, 0.3) is 0 Å². The van der Waals surface area contributed by atoms with Crippen LogP contribution in [-0.4, -0.2) is 42.0 Å². The summed E-state index contributed by atoms with van der Waals surface area (Å²) in [5, 5.41) is 15.2. The van der Waals surface area contributed by atoms with E-state index in [0.29, 0.717) is 27.4 Å². The number of aromatic amines is 1. The van der Waals surface area contributed by atoms with Gasteiger partial charge in [-0.1, -0.05) is 30.3 Å². The van der Waals surface area contributed by atoms with Crippen molar-refractivity contribution < 1.29 is 9.53 Å². The molecule has 0 saturated heterocycles. The quantitative estimate of drug-likeness (QED) is 0.350. The molecule has 1 aromatic carbocycles. The average molecular weight is 478 g/mol. The first-order valence-electron chi connectivity index (χ1n) is 11.0. The number of H-pyrrole nitrogens is 1. The lowest BCUT2D eigenvalue weighted by Gasteiger charge is -2.16. The molecule has 0 aliphatic heterocycles. The van der Waals surface area contributed by atoms with Gasteiger partial charge in [-0.3, -0.25) is 14.6 Å². The lowest BCUT2D eigenvalue weighted by molar-refractivity contribution is -0.115. The molecule has 0 radical (unpaired) electrons. The Kier molecular flexibility index (Phi) is 7.58. The summed E-state index contributed by atoms with van der Waals surface area (Å²) in [4.78, 5) is 21.5. The molecule has 0 spiro atoms. The summed E-state index contributed by atoms with van der Waals surface area (Å²) in [6.07, 6.45) is 4.07. The number of carbonyl (C=O) groups is 1. The highest BCUT2D eigenvalue weighted by molar-refractivity contribution is 7.99. The summed E-state index contributed by atoms with van der Waals surface area (Å²) in [5.74, 6) is 0.956. The van der Waals surface area contributed by atoms with E-state index >= 15 is 0 Å². The van der Waals surface area contributed by atoms with Gasteiger partial charge in [0, 0.05) is 36.9 Å². The molecule has 9 nitrogen and oxygen atoms in total. The van der Waals surface area contributed by atoms with Crippen LogP contribution in [0.4, 0.5) is 5.82 Å². The van der Waals surface area contributed by atoms with Gasteiger partial charge in [-0.2, -0.15) is 10.2 Å². The molecule has 1 atom stereocenters. The normalized spacial score (nSPS) is 12.0. The van der Waals surface area contributed by atoms with Crippen LogP contribution in [0.3, 0.4) is 0 Å². The first kappa shape index (κ1) is 23.5. The van der Waals surface area contributed by atoms with Gasteiger partial charge in [-0.15, -0.1) is 0 Å². The van der Waals surface area contributed by atoms with Gasteiger partial charge in [0.25, 0.3) is 0 Å². The minimum Gasteiger partial charge on any atom is -0.490 e. The molecule has 0 aliphatic carbocycles. The SMILES string of the molecule is CC(C)n1ccc(NC(=O)Cc2cc(O[C@@H](C)Cc3ccccc3)cc(Sc3ncn[nH]3)n2)n1. The minimum absolute atomic E-state index is 0.0606. The molecular formula is C24H27N7O2S. The van der Waals surface area contributed by atoms with E-state index < -0.39 is 0 Å². The van der Waals surface area contributed by atoms with Crippen molar-refractivity contribution in [1.29, 1.82) is 0 Å². The summed E-state index contributed by atoms with van der Waals surface area (Å²) < 4.78 is 8.00. The zero-order valence-electron chi connectivity index (χ0n) is 19.3. The number of rotatable bonds is 10. The molecular weight excluding hydrogens is 450 g/mol. The third kappa shape index (κ3) is 6.67. The third-order valence-corrected chi connectivity index (χ3v) is 5.68. The number of aromatic nitrogens is 6. The molecule has 0 saturated carbocycles. The lowest BCUT2D eigenvalue weighted by Crippen LogP contribution is -2.17. The number of hydrogen-bond donors (Lipinski definition) is 2. The molecule has 1 amide bonds. The van der Waals surface area contributed by atoms with E-state index in [-0.39, 0.29) is 24.5 Å². The standard InChI is InChI=1S/C24H27N7O2S/c1-16(2)31-10-9-21(30-31)28-22(32)13-19-12-20(14-23(27-19)34-24-25-15-26-29-24)33-17(3)11-18-7-5-4-6-8-18/h4-10,12,14-17H,11,13H2,1-3H3,(H,25,26,29)(H,28,30,32)/t17-/m0/s1. The molecule has 0 unspecified atom stereocenters. The Morgan fingerprint density at radius 1 is 1.18 bits per heavy atom. The molecule has 3 aromatic heterocycles. The summed E-state index contributed by atoms with van der Waals surface area (Å²) >= 11 is 1.32. The van der Waals surface area contributed by atoms with Crippen LogP contribution < -0.4 is 10.1 Å². The van der Waals surface area contributed by atoms with E-state index in [0.717, 1.165) is 6.42 Å². The maximum Gasteiger partial charge on any atom is 0.231 e. The third-order valence-electron chi connectivity index (χ3n) is 4.87. The Morgan fingerprint density at radius 3 is 2.71 bits per heavy atom. The maximum atomic E-state index is 12.7. The van der Waals surface area contributed by atoms with Crippen molar-refractivity contribution in [3.63, 3.8) is 0 Å². The lowest BCUT2D eigenvalue weighted by atomic mass is 10.1. The molecule has 34 heavy (non-hydrogen) atoms. The van der Waals surface area contributed by atoms with Gasteiger partial charge < -0.3 is 10.1 Å². The number of ether oxygens (including phenoxy) is 1. The number of hydrogen-bond acceptors (Lipinski definition) is 7. The number of nitrogens with one attached hydrogen (secondary N) is 2. The highest BCUT2D eigenvalue weighted by Gasteiger charge is 2.14. The van der Waals surface area contributed by atoms with Crippen LogP contribution in [0.2, 0.25) is 0 Å². The monoisotopic (exact) mass is 477 g/mol.